The molecule has 0 aliphatic rings. The molecule has 1 N–H and O–H groups in total. The average Bonchev–Trinajstić information content (AvgIpc) is 3.11. The van der Waals surface area contributed by atoms with Crippen LogP contribution in [0.2, 0.25) is 0 Å². The minimum atomic E-state index is -0.541. The lowest BCUT2D eigenvalue weighted by atomic mass is 10.1. The summed E-state index contributed by atoms with van der Waals surface area (Å²) in [4.78, 5) is 24.7. The molecular weight excluding hydrogens is 350 g/mol. The highest BCUT2D eigenvalue weighted by Gasteiger charge is 2.15. The van der Waals surface area contributed by atoms with Gasteiger partial charge in [0.15, 0.2) is 11.2 Å². The maximum Gasteiger partial charge on any atom is 0.293 e. The highest BCUT2D eigenvalue weighted by atomic mass is 32.1. The van der Waals surface area contributed by atoms with E-state index in [2.05, 4.69) is 15.5 Å². The maximum absolute atomic E-state index is 12.4. The van der Waals surface area contributed by atoms with E-state index >= 15 is 0 Å². The molecule has 0 aliphatic heterocycles. The molecule has 4 rings (SSSR count). The van der Waals surface area contributed by atoms with Gasteiger partial charge in [0.1, 0.15) is 10.6 Å². The maximum atomic E-state index is 12.4. The number of benzene rings is 2. The number of amides is 1. The van der Waals surface area contributed by atoms with Crippen molar-refractivity contribution in [2.24, 2.45) is 0 Å². The quantitative estimate of drug-likeness (QED) is 0.597. The lowest BCUT2D eigenvalue weighted by Crippen LogP contribution is -2.14. The minimum Gasteiger partial charge on any atom is -0.451 e. The van der Waals surface area contributed by atoms with E-state index in [-0.39, 0.29) is 11.2 Å². The van der Waals surface area contributed by atoms with Crippen LogP contribution in [0.4, 0.5) is 5.13 Å². The van der Waals surface area contributed by atoms with Crippen LogP contribution in [0, 0.1) is 6.92 Å². The van der Waals surface area contributed by atoms with E-state index in [4.69, 9.17) is 4.42 Å². The van der Waals surface area contributed by atoms with Crippen molar-refractivity contribution in [1.29, 1.82) is 0 Å². The van der Waals surface area contributed by atoms with Crippen molar-refractivity contribution in [2.45, 2.75) is 6.92 Å². The number of hydrogen-bond acceptors (Lipinski definition) is 6. The zero-order valence-electron chi connectivity index (χ0n) is 13.7. The standard InChI is InChI=1S/C19H13N3O3S/c1-11-7-8-15-13(9-11)14(23)10-16(25-15)17(24)20-19-22-21-18(26-19)12-5-3-2-4-6-12/h2-10H,1H3,(H,20,22,24). The number of carbonyl (C=O) groups excluding carboxylic acids is 1. The third kappa shape index (κ3) is 3.12. The third-order valence-electron chi connectivity index (χ3n) is 3.77. The minimum absolute atomic E-state index is 0.0668. The van der Waals surface area contributed by atoms with Gasteiger partial charge < -0.3 is 4.42 Å². The number of anilines is 1. The second-order valence-corrected chi connectivity index (χ2v) is 6.68. The van der Waals surface area contributed by atoms with Crippen LogP contribution in [-0.4, -0.2) is 16.1 Å². The predicted octanol–water partition coefficient (Wildman–Crippen LogP) is 3.87. The molecule has 1 amide bonds. The number of nitrogens with one attached hydrogen (secondary N) is 1. The van der Waals surface area contributed by atoms with E-state index in [0.717, 1.165) is 11.1 Å². The van der Waals surface area contributed by atoms with Crippen molar-refractivity contribution >= 4 is 33.3 Å². The number of fused-ring (bicyclic) bond motifs is 1. The first-order valence-corrected chi connectivity index (χ1v) is 8.66. The Morgan fingerprint density at radius 3 is 2.69 bits per heavy atom. The lowest BCUT2D eigenvalue weighted by molar-refractivity contribution is 0.0997. The first-order chi connectivity index (χ1) is 12.6. The number of aromatic nitrogens is 2. The number of hydrogen-bond donors (Lipinski definition) is 1. The molecule has 0 saturated carbocycles. The number of aryl methyl sites for hydroxylation is 1. The lowest BCUT2D eigenvalue weighted by Gasteiger charge is -2.03. The Labute approximate surface area is 152 Å². The summed E-state index contributed by atoms with van der Waals surface area (Å²) in [5.74, 6) is -0.608. The van der Waals surface area contributed by atoms with Crippen molar-refractivity contribution in [1.82, 2.24) is 10.2 Å². The van der Waals surface area contributed by atoms with Gasteiger partial charge in [0.25, 0.3) is 5.91 Å². The highest BCUT2D eigenvalue weighted by molar-refractivity contribution is 7.18. The van der Waals surface area contributed by atoms with Crippen molar-refractivity contribution in [3.63, 3.8) is 0 Å². The molecule has 0 atom stereocenters. The van der Waals surface area contributed by atoms with Gasteiger partial charge in [-0.2, -0.15) is 0 Å². The second kappa shape index (κ2) is 6.53. The van der Waals surface area contributed by atoms with E-state index in [1.165, 1.54) is 17.4 Å². The average molecular weight is 363 g/mol. The summed E-state index contributed by atoms with van der Waals surface area (Å²) in [6.07, 6.45) is 0. The summed E-state index contributed by atoms with van der Waals surface area (Å²) in [5.41, 5.74) is 1.97. The van der Waals surface area contributed by atoms with Crippen LogP contribution >= 0.6 is 11.3 Å². The molecule has 0 fully saturated rings. The van der Waals surface area contributed by atoms with Crippen LogP contribution < -0.4 is 10.7 Å². The van der Waals surface area contributed by atoms with Crippen molar-refractivity contribution in [3.05, 3.63) is 76.1 Å². The molecule has 0 saturated heterocycles. The van der Waals surface area contributed by atoms with Crippen LogP contribution in [0.5, 0.6) is 0 Å². The van der Waals surface area contributed by atoms with Gasteiger partial charge in [-0.3, -0.25) is 14.9 Å². The Morgan fingerprint density at radius 1 is 1.08 bits per heavy atom. The SMILES string of the molecule is Cc1ccc2oc(C(=O)Nc3nnc(-c4ccccc4)s3)cc(=O)c2c1. The van der Waals surface area contributed by atoms with E-state index < -0.39 is 5.91 Å². The normalized spacial score (nSPS) is 10.8. The number of carbonyl (C=O) groups is 1. The topological polar surface area (TPSA) is 85.1 Å². The molecule has 0 spiro atoms. The monoisotopic (exact) mass is 363 g/mol. The molecule has 0 aliphatic carbocycles. The third-order valence-corrected chi connectivity index (χ3v) is 4.66. The van der Waals surface area contributed by atoms with Gasteiger partial charge in [0.05, 0.1) is 5.39 Å². The van der Waals surface area contributed by atoms with Crippen LogP contribution in [0.15, 0.2) is 63.8 Å². The molecule has 6 nitrogen and oxygen atoms in total. The summed E-state index contributed by atoms with van der Waals surface area (Å²) in [6.45, 7) is 1.89. The largest absolute Gasteiger partial charge is 0.451 e. The van der Waals surface area contributed by atoms with Crippen LogP contribution in [0.3, 0.4) is 0 Å². The second-order valence-electron chi connectivity index (χ2n) is 5.71. The van der Waals surface area contributed by atoms with Crippen LogP contribution in [-0.2, 0) is 0 Å². The Hall–Kier alpha value is -3.32. The van der Waals surface area contributed by atoms with E-state index in [0.29, 0.717) is 21.1 Å². The zero-order chi connectivity index (χ0) is 18.1. The molecule has 4 aromatic rings. The van der Waals surface area contributed by atoms with Gasteiger partial charge in [-0.05, 0) is 19.1 Å². The highest BCUT2D eigenvalue weighted by Crippen LogP contribution is 2.26. The fourth-order valence-corrected chi connectivity index (χ4v) is 3.26. The Kier molecular flexibility index (Phi) is 4.06. The van der Waals surface area contributed by atoms with Gasteiger partial charge in [0, 0.05) is 11.6 Å². The van der Waals surface area contributed by atoms with Gasteiger partial charge >= 0.3 is 0 Å². The smallest absolute Gasteiger partial charge is 0.293 e. The molecule has 2 aromatic carbocycles. The predicted molar refractivity (Wildman–Crippen MR) is 101 cm³/mol. The number of rotatable bonds is 3. The van der Waals surface area contributed by atoms with Gasteiger partial charge in [-0.1, -0.05) is 53.3 Å². The van der Waals surface area contributed by atoms with E-state index in [9.17, 15) is 9.59 Å². The van der Waals surface area contributed by atoms with E-state index in [1.54, 1.807) is 12.1 Å². The molecule has 2 aromatic heterocycles. The Balaban J connectivity index is 1.61. The van der Waals surface area contributed by atoms with Crippen LogP contribution in [0.1, 0.15) is 16.1 Å². The summed E-state index contributed by atoms with van der Waals surface area (Å²) in [6, 6.07) is 16.0. The zero-order valence-corrected chi connectivity index (χ0v) is 14.5. The van der Waals surface area contributed by atoms with Gasteiger partial charge in [-0.15, -0.1) is 10.2 Å². The Morgan fingerprint density at radius 2 is 1.88 bits per heavy atom. The molecule has 0 bridgehead atoms. The molecule has 26 heavy (non-hydrogen) atoms. The summed E-state index contributed by atoms with van der Waals surface area (Å²) in [5, 5.41) is 12.1. The first-order valence-electron chi connectivity index (χ1n) is 7.85. The van der Waals surface area contributed by atoms with Crippen molar-refractivity contribution in [2.75, 3.05) is 5.32 Å². The van der Waals surface area contributed by atoms with Gasteiger partial charge in [0.2, 0.25) is 5.13 Å². The van der Waals surface area contributed by atoms with Crippen molar-refractivity contribution in [3.8, 4) is 10.6 Å². The van der Waals surface area contributed by atoms with Gasteiger partial charge in [-0.25, -0.2) is 0 Å². The molecule has 0 radical (unpaired) electrons. The summed E-state index contributed by atoms with van der Waals surface area (Å²) < 4.78 is 5.57. The summed E-state index contributed by atoms with van der Waals surface area (Å²) >= 11 is 1.24. The van der Waals surface area contributed by atoms with Crippen LogP contribution in [0.25, 0.3) is 21.5 Å². The van der Waals surface area contributed by atoms with E-state index in [1.807, 2.05) is 43.3 Å². The molecular formula is C19H13N3O3S. The first kappa shape index (κ1) is 16.2. The summed E-state index contributed by atoms with van der Waals surface area (Å²) in [7, 11) is 0. The fourth-order valence-electron chi connectivity index (χ4n) is 2.51. The van der Waals surface area contributed by atoms with Crippen molar-refractivity contribution < 1.29 is 9.21 Å². The molecule has 7 heteroatoms. The molecule has 128 valence electrons. The molecule has 0 unspecified atom stereocenters. The Bertz CT molecular complexity index is 1170. The number of nitrogens with zero attached hydrogens (tertiary/aromatic N) is 2. The fraction of sp³-hybridized carbons (Fsp3) is 0.0526. The molecule has 2 heterocycles.